The van der Waals surface area contributed by atoms with E-state index in [9.17, 15) is 14.4 Å². The molecule has 0 unspecified atom stereocenters. The van der Waals surface area contributed by atoms with E-state index in [2.05, 4.69) is 5.32 Å². The van der Waals surface area contributed by atoms with Gasteiger partial charge < -0.3 is 23.9 Å². The van der Waals surface area contributed by atoms with Crippen LogP contribution in [0.5, 0.6) is 11.5 Å². The van der Waals surface area contributed by atoms with Crippen molar-refractivity contribution in [3.8, 4) is 11.5 Å². The van der Waals surface area contributed by atoms with Gasteiger partial charge in [-0.25, -0.2) is 4.79 Å². The van der Waals surface area contributed by atoms with Crippen LogP contribution < -0.4 is 19.7 Å². The number of nitrogens with zero attached hydrogens (tertiary/aromatic N) is 1. The average Bonchev–Trinajstić information content (AvgIpc) is 3.65. The van der Waals surface area contributed by atoms with Crippen LogP contribution in [0.25, 0.3) is 0 Å². The van der Waals surface area contributed by atoms with Crippen LogP contribution in [-0.2, 0) is 9.53 Å². The van der Waals surface area contributed by atoms with Gasteiger partial charge in [0, 0.05) is 11.7 Å². The molecule has 0 bridgehead atoms. The molecule has 9 nitrogen and oxygen atoms in total. The minimum absolute atomic E-state index is 0.0112. The van der Waals surface area contributed by atoms with Crippen molar-refractivity contribution in [2.24, 2.45) is 0 Å². The number of amides is 2. The standard InChI is InChI=1S/C28H30N2O7/c1-34-22-14-13-18(17-24(22)35-2)25(26(31)29-20-9-4-5-10-20)30(27(32)23-12-7-15-37-23)21-11-6-8-19(16-21)28(33)36-3/h6-8,11-17,20,25H,4-5,9-10H2,1-3H3,(H,29,31)/t25-/m1/s1. The van der Waals surface area contributed by atoms with Crippen LogP contribution in [0, 0.1) is 0 Å². The van der Waals surface area contributed by atoms with Crippen LogP contribution in [0.2, 0.25) is 0 Å². The Balaban J connectivity index is 1.88. The number of hydrogen-bond donors (Lipinski definition) is 1. The van der Waals surface area contributed by atoms with Gasteiger partial charge in [0.2, 0.25) is 5.91 Å². The van der Waals surface area contributed by atoms with Crippen molar-refractivity contribution in [3.05, 3.63) is 77.7 Å². The Hall–Kier alpha value is -4.27. The molecule has 3 aromatic rings. The van der Waals surface area contributed by atoms with Crippen LogP contribution >= 0.6 is 0 Å². The van der Waals surface area contributed by atoms with Crippen molar-refractivity contribution in [1.82, 2.24) is 5.32 Å². The quantitative estimate of drug-likeness (QED) is 0.425. The van der Waals surface area contributed by atoms with Gasteiger partial charge in [-0.15, -0.1) is 0 Å². The van der Waals surface area contributed by atoms with Gasteiger partial charge in [0.25, 0.3) is 5.91 Å². The summed E-state index contributed by atoms with van der Waals surface area (Å²) in [7, 11) is 4.30. The first kappa shape index (κ1) is 25.8. The molecular weight excluding hydrogens is 476 g/mol. The van der Waals surface area contributed by atoms with E-state index in [1.54, 1.807) is 42.5 Å². The highest BCUT2D eigenvalue weighted by Gasteiger charge is 2.36. The lowest BCUT2D eigenvalue weighted by Gasteiger charge is -2.32. The summed E-state index contributed by atoms with van der Waals surface area (Å²) >= 11 is 0. The van der Waals surface area contributed by atoms with Crippen molar-refractivity contribution in [1.29, 1.82) is 0 Å². The Kier molecular flexibility index (Phi) is 8.12. The number of nitrogens with one attached hydrogen (secondary N) is 1. The van der Waals surface area contributed by atoms with E-state index in [4.69, 9.17) is 18.6 Å². The fourth-order valence-electron chi connectivity index (χ4n) is 4.59. The second-order valence-electron chi connectivity index (χ2n) is 8.70. The number of hydrogen-bond acceptors (Lipinski definition) is 7. The van der Waals surface area contributed by atoms with Gasteiger partial charge in [0.15, 0.2) is 17.3 Å². The number of carbonyl (C=O) groups excluding carboxylic acids is 3. The molecule has 2 aromatic carbocycles. The molecule has 1 aliphatic carbocycles. The molecule has 2 amide bonds. The molecule has 1 N–H and O–H groups in total. The molecule has 0 radical (unpaired) electrons. The van der Waals surface area contributed by atoms with Crippen molar-refractivity contribution >= 4 is 23.5 Å². The third kappa shape index (κ3) is 5.61. The molecule has 1 aliphatic rings. The Morgan fingerprint density at radius 1 is 0.946 bits per heavy atom. The highest BCUT2D eigenvalue weighted by atomic mass is 16.5. The topological polar surface area (TPSA) is 107 Å². The molecule has 9 heteroatoms. The normalized spacial score (nSPS) is 14.0. The first-order chi connectivity index (χ1) is 18.0. The number of anilines is 1. The van der Waals surface area contributed by atoms with Gasteiger partial charge in [0.1, 0.15) is 6.04 Å². The summed E-state index contributed by atoms with van der Waals surface area (Å²) in [4.78, 5) is 41.4. The minimum atomic E-state index is -1.11. The van der Waals surface area contributed by atoms with Gasteiger partial charge >= 0.3 is 5.97 Å². The third-order valence-corrected chi connectivity index (χ3v) is 6.43. The monoisotopic (exact) mass is 506 g/mol. The molecule has 1 fully saturated rings. The molecule has 1 heterocycles. The summed E-state index contributed by atoms with van der Waals surface area (Å²) < 4.78 is 21.1. The van der Waals surface area contributed by atoms with Gasteiger partial charge in [0.05, 0.1) is 33.2 Å². The van der Waals surface area contributed by atoms with Crippen molar-refractivity contribution < 1.29 is 33.0 Å². The van der Waals surface area contributed by atoms with Gasteiger partial charge in [-0.2, -0.15) is 0 Å². The predicted octanol–water partition coefficient (Wildman–Crippen LogP) is 4.53. The number of ether oxygens (including phenoxy) is 3. The first-order valence-corrected chi connectivity index (χ1v) is 12.0. The Morgan fingerprint density at radius 2 is 1.70 bits per heavy atom. The maximum absolute atomic E-state index is 13.9. The van der Waals surface area contributed by atoms with Gasteiger partial charge in [-0.1, -0.05) is 25.0 Å². The van der Waals surface area contributed by atoms with Crippen LogP contribution in [0.1, 0.15) is 58.2 Å². The Bertz CT molecular complexity index is 1250. The van der Waals surface area contributed by atoms with Gasteiger partial charge in [-0.3, -0.25) is 14.5 Å². The van der Waals surface area contributed by atoms with E-state index in [0.29, 0.717) is 22.7 Å². The second kappa shape index (κ2) is 11.6. The molecular formula is C28H30N2O7. The summed E-state index contributed by atoms with van der Waals surface area (Å²) in [5, 5.41) is 3.12. The largest absolute Gasteiger partial charge is 0.493 e. The lowest BCUT2D eigenvalue weighted by molar-refractivity contribution is -0.123. The molecule has 194 valence electrons. The zero-order valence-electron chi connectivity index (χ0n) is 21.1. The molecule has 37 heavy (non-hydrogen) atoms. The number of methoxy groups -OCH3 is 3. The van der Waals surface area contributed by atoms with Crippen molar-refractivity contribution in [2.75, 3.05) is 26.2 Å². The second-order valence-corrected chi connectivity index (χ2v) is 8.70. The predicted molar refractivity (Wildman–Crippen MR) is 136 cm³/mol. The van der Waals surface area contributed by atoms with Crippen LogP contribution in [0.15, 0.2) is 65.3 Å². The van der Waals surface area contributed by atoms with Gasteiger partial charge in [-0.05, 0) is 60.9 Å². The Morgan fingerprint density at radius 3 is 2.35 bits per heavy atom. The fourth-order valence-corrected chi connectivity index (χ4v) is 4.59. The molecule has 1 atom stereocenters. The maximum Gasteiger partial charge on any atom is 0.337 e. The van der Waals surface area contributed by atoms with E-state index in [1.807, 2.05) is 0 Å². The summed E-state index contributed by atoms with van der Waals surface area (Å²) in [6.45, 7) is 0. The van der Waals surface area contributed by atoms with E-state index in [-0.39, 0.29) is 23.3 Å². The summed E-state index contributed by atoms with van der Waals surface area (Å²) in [5.74, 6) is -0.533. The first-order valence-electron chi connectivity index (χ1n) is 12.0. The number of rotatable bonds is 9. The molecule has 0 saturated heterocycles. The zero-order chi connectivity index (χ0) is 26.4. The summed E-state index contributed by atoms with van der Waals surface area (Å²) in [6, 6.07) is 13.5. The lowest BCUT2D eigenvalue weighted by Crippen LogP contribution is -2.46. The fraction of sp³-hybridized carbons (Fsp3) is 0.321. The highest BCUT2D eigenvalue weighted by molar-refractivity contribution is 6.09. The molecule has 4 rings (SSSR count). The summed E-state index contributed by atoms with van der Waals surface area (Å²) in [6.07, 6.45) is 5.19. The SMILES string of the molecule is COC(=O)c1cccc(N(C(=O)c2ccco2)[C@@H](C(=O)NC2CCCC2)c2ccc(OC)c(OC)c2)c1. The highest BCUT2D eigenvalue weighted by Crippen LogP contribution is 2.36. The van der Waals surface area contributed by atoms with E-state index in [1.165, 1.54) is 44.6 Å². The lowest BCUT2D eigenvalue weighted by atomic mass is 10.0. The van der Waals surface area contributed by atoms with E-state index >= 15 is 0 Å². The molecule has 1 saturated carbocycles. The molecule has 0 aliphatic heterocycles. The van der Waals surface area contributed by atoms with Crippen molar-refractivity contribution in [2.45, 2.75) is 37.8 Å². The van der Waals surface area contributed by atoms with Crippen LogP contribution in [-0.4, -0.2) is 45.2 Å². The average molecular weight is 507 g/mol. The number of furan rings is 1. The zero-order valence-corrected chi connectivity index (χ0v) is 21.1. The van der Waals surface area contributed by atoms with Crippen LogP contribution in [0.3, 0.4) is 0 Å². The van der Waals surface area contributed by atoms with Crippen molar-refractivity contribution in [3.63, 3.8) is 0 Å². The minimum Gasteiger partial charge on any atom is -0.493 e. The number of esters is 1. The van der Waals surface area contributed by atoms with Crippen LogP contribution in [0.4, 0.5) is 5.69 Å². The third-order valence-electron chi connectivity index (χ3n) is 6.43. The smallest absolute Gasteiger partial charge is 0.337 e. The van der Waals surface area contributed by atoms with E-state index < -0.39 is 17.9 Å². The number of carbonyl (C=O) groups is 3. The maximum atomic E-state index is 13.9. The van der Waals surface area contributed by atoms with E-state index in [0.717, 1.165) is 25.7 Å². The Labute approximate surface area is 215 Å². The summed E-state index contributed by atoms with van der Waals surface area (Å²) in [5.41, 5.74) is 1.06. The molecule has 0 spiro atoms. The molecule has 1 aromatic heterocycles. The number of benzene rings is 2.